The summed E-state index contributed by atoms with van der Waals surface area (Å²) in [6, 6.07) is 14.8. The topological polar surface area (TPSA) is 53.3 Å². The summed E-state index contributed by atoms with van der Waals surface area (Å²) in [5.74, 6) is -0.0841. The number of benzene rings is 2. The minimum Gasteiger partial charge on any atom is -0.478 e. The highest BCUT2D eigenvalue weighted by Crippen LogP contribution is 2.23. The molecule has 4 nitrogen and oxygen atoms in total. The van der Waals surface area contributed by atoms with Crippen LogP contribution in [0.25, 0.3) is 0 Å². The standard InChI is InChI=1S/C21H23FN2O2/c1-15(2)24(14-17-7-5-16(13-23)6-8-17)20(25)21(3,4)26-19-11-9-18(22)10-12-19/h5-12,15H,14H2,1-4H3. The molecule has 0 aliphatic rings. The van der Waals surface area contributed by atoms with Crippen molar-refractivity contribution in [2.45, 2.75) is 45.9 Å². The number of rotatable bonds is 6. The summed E-state index contributed by atoms with van der Waals surface area (Å²) in [6.45, 7) is 7.70. The van der Waals surface area contributed by atoms with E-state index in [0.29, 0.717) is 17.9 Å². The molecule has 5 heteroatoms. The lowest BCUT2D eigenvalue weighted by molar-refractivity contribution is -0.148. The first-order chi connectivity index (χ1) is 12.2. The normalized spacial score (nSPS) is 11.1. The van der Waals surface area contributed by atoms with Gasteiger partial charge in [0.25, 0.3) is 5.91 Å². The average Bonchev–Trinajstić information content (AvgIpc) is 2.61. The number of carbonyl (C=O) groups excluding carboxylic acids is 1. The maximum Gasteiger partial charge on any atom is 0.266 e. The van der Waals surface area contributed by atoms with Gasteiger partial charge in [0.1, 0.15) is 11.6 Å². The van der Waals surface area contributed by atoms with Gasteiger partial charge in [-0.3, -0.25) is 4.79 Å². The molecule has 2 aromatic rings. The fraction of sp³-hybridized carbons (Fsp3) is 0.333. The second kappa shape index (κ2) is 8.01. The first-order valence-corrected chi connectivity index (χ1v) is 8.47. The molecule has 0 bridgehead atoms. The molecule has 0 heterocycles. The fourth-order valence-electron chi connectivity index (χ4n) is 2.56. The van der Waals surface area contributed by atoms with Crippen LogP contribution in [0.5, 0.6) is 5.75 Å². The van der Waals surface area contributed by atoms with Crippen LogP contribution in [0.1, 0.15) is 38.8 Å². The van der Waals surface area contributed by atoms with E-state index in [9.17, 15) is 9.18 Å². The van der Waals surface area contributed by atoms with Gasteiger partial charge < -0.3 is 9.64 Å². The van der Waals surface area contributed by atoms with E-state index in [-0.39, 0.29) is 17.8 Å². The molecule has 0 aliphatic carbocycles. The van der Waals surface area contributed by atoms with E-state index >= 15 is 0 Å². The van der Waals surface area contributed by atoms with Crippen LogP contribution in [-0.2, 0) is 11.3 Å². The Kier molecular flexibility index (Phi) is 5.99. The number of halogens is 1. The predicted molar refractivity (Wildman–Crippen MR) is 98.0 cm³/mol. The second-order valence-corrected chi connectivity index (χ2v) is 6.90. The molecule has 0 unspecified atom stereocenters. The number of nitriles is 1. The molecule has 0 saturated carbocycles. The van der Waals surface area contributed by atoms with E-state index in [1.807, 2.05) is 26.0 Å². The molecular weight excluding hydrogens is 331 g/mol. The first kappa shape index (κ1) is 19.5. The van der Waals surface area contributed by atoms with Crippen LogP contribution in [0.2, 0.25) is 0 Å². The second-order valence-electron chi connectivity index (χ2n) is 6.90. The summed E-state index contributed by atoms with van der Waals surface area (Å²) < 4.78 is 18.9. The lowest BCUT2D eigenvalue weighted by atomic mass is 10.0. The van der Waals surface area contributed by atoms with Crippen molar-refractivity contribution in [1.82, 2.24) is 4.90 Å². The Hall–Kier alpha value is -2.87. The summed E-state index contributed by atoms with van der Waals surface area (Å²) in [5.41, 5.74) is 0.411. The SMILES string of the molecule is CC(C)N(Cc1ccc(C#N)cc1)C(=O)C(C)(C)Oc1ccc(F)cc1. The van der Waals surface area contributed by atoms with Crippen molar-refractivity contribution < 1.29 is 13.9 Å². The van der Waals surface area contributed by atoms with Gasteiger partial charge in [-0.05, 0) is 69.7 Å². The van der Waals surface area contributed by atoms with Crippen molar-refractivity contribution in [1.29, 1.82) is 5.26 Å². The van der Waals surface area contributed by atoms with Crippen LogP contribution in [0.15, 0.2) is 48.5 Å². The molecule has 0 spiro atoms. The van der Waals surface area contributed by atoms with Crippen molar-refractivity contribution in [3.8, 4) is 11.8 Å². The molecule has 0 radical (unpaired) electrons. The van der Waals surface area contributed by atoms with Crippen LogP contribution >= 0.6 is 0 Å². The predicted octanol–water partition coefficient (Wildman–Crippen LogP) is 4.29. The smallest absolute Gasteiger partial charge is 0.266 e. The lowest BCUT2D eigenvalue weighted by Gasteiger charge is -2.35. The molecule has 0 saturated heterocycles. The highest BCUT2D eigenvalue weighted by molar-refractivity contribution is 5.85. The van der Waals surface area contributed by atoms with Crippen molar-refractivity contribution >= 4 is 5.91 Å². The number of amides is 1. The Labute approximate surface area is 153 Å². The minimum absolute atomic E-state index is 0.0331. The molecule has 0 fully saturated rings. The number of nitrogens with zero attached hydrogens (tertiary/aromatic N) is 2. The van der Waals surface area contributed by atoms with E-state index in [1.54, 1.807) is 30.9 Å². The first-order valence-electron chi connectivity index (χ1n) is 8.47. The number of hydrogen-bond donors (Lipinski definition) is 0. The molecule has 1 amide bonds. The van der Waals surface area contributed by atoms with Crippen LogP contribution in [0.3, 0.4) is 0 Å². The number of carbonyl (C=O) groups is 1. The van der Waals surface area contributed by atoms with Crippen LogP contribution in [0.4, 0.5) is 4.39 Å². The van der Waals surface area contributed by atoms with Gasteiger partial charge in [0.2, 0.25) is 0 Å². The highest BCUT2D eigenvalue weighted by Gasteiger charge is 2.35. The Bertz CT molecular complexity index is 790. The third-order valence-electron chi connectivity index (χ3n) is 4.02. The van der Waals surface area contributed by atoms with Crippen molar-refractivity contribution in [2.24, 2.45) is 0 Å². The maximum absolute atomic E-state index is 13.1. The van der Waals surface area contributed by atoms with Gasteiger partial charge in [-0.15, -0.1) is 0 Å². The number of hydrogen-bond acceptors (Lipinski definition) is 3. The van der Waals surface area contributed by atoms with Gasteiger partial charge in [-0.2, -0.15) is 5.26 Å². The zero-order chi connectivity index (χ0) is 19.3. The Morgan fingerprint density at radius 1 is 1.15 bits per heavy atom. The van der Waals surface area contributed by atoms with E-state index in [2.05, 4.69) is 6.07 Å². The molecule has 2 rings (SSSR count). The highest BCUT2D eigenvalue weighted by atomic mass is 19.1. The quantitative estimate of drug-likeness (QED) is 0.777. The summed E-state index contributed by atoms with van der Waals surface area (Å²) in [5, 5.41) is 8.90. The molecule has 0 aliphatic heterocycles. The summed E-state index contributed by atoms with van der Waals surface area (Å²) >= 11 is 0. The van der Waals surface area contributed by atoms with Crippen LogP contribution in [-0.4, -0.2) is 22.4 Å². The van der Waals surface area contributed by atoms with Crippen molar-refractivity contribution in [2.75, 3.05) is 0 Å². The van der Waals surface area contributed by atoms with Crippen molar-refractivity contribution in [3.05, 3.63) is 65.5 Å². The van der Waals surface area contributed by atoms with Crippen LogP contribution in [0, 0.1) is 17.1 Å². The summed E-state index contributed by atoms with van der Waals surface area (Å²) in [4.78, 5) is 14.8. The maximum atomic E-state index is 13.1. The largest absolute Gasteiger partial charge is 0.478 e. The molecule has 0 N–H and O–H groups in total. The Morgan fingerprint density at radius 3 is 2.23 bits per heavy atom. The Morgan fingerprint density at radius 2 is 1.73 bits per heavy atom. The zero-order valence-electron chi connectivity index (χ0n) is 15.5. The van der Waals surface area contributed by atoms with Gasteiger partial charge in [0.05, 0.1) is 11.6 Å². The van der Waals surface area contributed by atoms with Crippen molar-refractivity contribution in [3.63, 3.8) is 0 Å². The molecular formula is C21H23FN2O2. The van der Waals surface area contributed by atoms with E-state index in [1.165, 1.54) is 24.3 Å². The molecule has 0 aromatic heterocycles. The van der Waals surface area contributed by atoms with E-state index in [4.69, 9.17) is 10.00 Å². The molecule has 136 valence electrons. The average molecular weight is 354 g/mol. The molecule has 2 aromatic carbocycles. The van der Waals surface area contributed by atoms with Gasteiger partial charge in [-0.1, -0.05) is 12.1 Å². The third-order valence-corrected chi connectivity index (χ3v) is 4.02. The van der Waals surface area contributed by atoms with Gasteiger partial charge in [0, 0.05) is 12.6 Å². The van der Waals surface area contributed by atoms with Gasteiger partial charge in [-0.25, -0.2) is 4.39 Å². The van der Waals surface area contributed by atoms with Crippen LogP contribution < -0.4 is 4.74 Å². The zero-order valence-corrected chi connectivity index (χ0v) is 15.5. The van der Waals surface area contributed by atoms with E-state index < -0.39 is 5.60 Å². The molecule has 26 heavy (non-hydrogen) atoms. The molecule has 0 atom stereocenters. The monoisotopic (exact) mass is 354 g/mol. The fourth-order valence-corrected chi connectivity index (χ4v) is 2.56. The van der Waals surface area contributed by atoms with E-state index in [0.717, 1.165) is 5.56 Å². The summed E-state index contributed by atoms with van der Waals surface area (Å²) in [7, 11) is 0. The summed E-state index contributed by atoms with van der Waals surface area (Å²) in [6.07, 6.45) is 0. The van der Waals surface area contributed by atoms with Gasteiger partial charge >= 0.3 is 0 Å². The third kappa shape index (κ3) is 4.82. The Balaban J connectivity index is 2.17. The minimum atomic E-state index is -1.10. The lowest BCUT2D eigenvalue weighted by Crippen LogP contribution is -2.51. The number of ether oxygens (including phenoxy) is 1. The van der Waals surface area contributed by atoms with Gasteiger partial charge in [0.15, 0.2) is 5.60 Å².